The van der Waals surface area contributed by atoms with Gasteiger partial charge in [0.25, 0.3) is 5.78 Å². The maximum atomic E-state index is 13.7. The normalized spacial score (nSPS) is 17.2. The van der Waals surface area contributed by atoms with Gasteiger partial charge in [0.05, 0.1) is 22.6 Å². The van der Waals surface area contributed by atoms with Crippen molar-refractivity contribution in [1.29, 1.82) is 0 Å². The Morgan fingerprint density at radius 1 is 0.925 bits per heavy atom. The van der Waals surface area contributed by atoms with Gasteiger partial charge in [-0.3, -0.25) is 14.5 Å². The molecule has 2 N–H and O–H groups in total. The van der Waals surface area contributed by atoms with Crippen LogP contribution in [0.4, 0.5) is 11.6 Å². The summed E-state index contributed by atoms with van der Waals surface area (Å²) in [5.74, 6) is -1.40. The van der Waals surface area contributed by atoms with Crippen molar-refractivity contribution in [2.24, 2.45) is 0 Å². The lowest BCUT2D eigenvalue weighted by atomic mass is 9.84. The number of amides is 1. The molecule has 7 nitrogen and oxygen atoms in total. The second-order valence-corrected chi connectivity index (χ2v) is 11.9. The summed E-state index contributed by atoms with van der Waals surface area (Å²) in [7, 11) is 3.90. The number of Topliss-reactive ketones (excluding diaryl/α,β-unsaturated/α-hetero) is 1. The van der Waals surface area contributed by atoms with Crippen LogP contribution in [0.1, 0.15) is 60.2 Å². The zero-order valence-corrected chi connectivity index (χ0v) is 24.4. The number of carbonyl (C=O) groups excluding carboxylic acids is 2. The average molecular weight is 537 g/mol. The number of imidazole rings is 1. The molecule has 1 aromatic heterocycles. The number of aromatic amines is 1. The van der Waals surface area contributed by atoms with Gasteiger partial charge < -0.3 is 15.0 Å². The van der Waals surface area contributed by atoms with Crippen LogP contribution in [0.15, 0.2) is 60.2 Å². The van der Waals surface area contributed by atoms with Crippen molar-refractivity contribution in [3.63, 3.8) is 0 Å². The fourth-order valence-electron chi connectivity index (χ4n) is 5.18. The van der Waals surface area contributed by atoms with Gasteiger partial charge >= 0.3 is 5.91 Å². The number of anilines is 2. The highest BCUT2D eigenvalue weighted by Crippen LogP contribution is 2.43. The number of fused-ring (bicyclic) bond motifs is 1. The first-order valence-electron chi connectivity index (χ1n) is 13.4. The molecule has 0 saturated carbocycles. The standard InChI is InChI=1S/C33H36N4O3/c1-18-9-12-22(33(4,5)6)17-24(18)29(38)27-28(21-10-13-23(14-11-21)36(7)8)37(31(40)30(27)39)32-34-25-15-19(2)20(3)16-26(25)35-32/h9-17,28,38H,1-8H3,(H,34,35)/b29-27+. The lowest BCUT2D eigenvalue weighted by Crippen LogP contribution is -2.30. The number of nitrogens with one attached hydrogen (secondary N) is 1. The second-order valence-electron chi connectivity index (χ2n) is 11.9. The van der Waals surface area contributed by atoms with E-state index in [2.05, 4.69) is 25.8 Å². The lowest BCUT2D eigenvalue weighted by molar-refractivity contribution is -0.132. The lowest BCUT2D eigenvalue weighted by Gasteiger charge is -2.24. The number of hydrogen-bond donors (Lipinski definition) is 2. The van der Waals surface area contributed by atoms with Crippen LogP contribution in [0.5, 0.6) is 0 Å². The van der Waals surface area contributed by atoms with Gasteiger partial charge in [-0.2, -0.15) is 0 Å². The third-order valence-corrected chi connectivity index (χ3v) is 7.84. The molecular formula is C33H36N4O3. The van der Waals surface area contributed by atoms with Gasteiger partial charge in [-0.25, -0.2) is 4.98 Å². The maximum Gasteiger partial charge on any atom is 0.302 e. The summed E-state index contributed by atoms with van der Waals surface area (Å²) in [5.41, 5.74) is 7.57. The Balaban J connectivity index is 1.75. The van der Waals surface area contributed by atoms with Gasteiger partial charge in [-0.15, -0.1) is 0 Å². The Morgan fingerprint density at radius 3 is 2.20 bits per heavy atom. The molecule has 1 unspecified atom stereocenters. The number of rotatable bonds is 4. The molecule has 1 saturated heterocycles. The first-order valence-corrected chi connectivity index (χ1v) is 13.4. The molecule has 1 amide bonds. The highest BCUT2D eigenvalue weighted by atomic mass is 16.3. The smallest absolute Gasteiger partial charge is 0.302 e. The Hall–Kier alpha value is -4.39. The molecule has 7 heteroatoms. The second kappa shape index (κ2) is 9.66. The first kappa shape index (κ1) is 27.2. The third-order valence-electron chi connectivity index (χ3n) is 7.84. The Labute approximate surface area is 235 Å². The van der Waals surface area contributed by atoms with Crippen molar-refractivity contribution in [3.8, 4) is 0 Å². The van der Waals surface area contributed by atoms with E-state index < -0.39 is 17.7 Å². The van der Waals surface area contributed by atoms with E-state index in [0.29, 0.717) is 16.6 Å². The number of carbonyl (C=O) groups is 2. The number of hydrogen-bond acceptors (Lipinski definition) is 5. The summed E-state index contributed by atoms with van der Waals surface area (Å²) in [5, 5.41) is 11.8. The van der Waals surface area contributed by atoms with E-state index in [1.54, 1.807) is 0 Å². The molecule has 2 heterocycles. The fourth-order valence-corrected chi connectivity index (χ4v) is 5.18. The zero-order chi connectivity index (χ0) is 29.1. The number of nitrogens with zero attached hydrogens (tertiary/aromatic N) is 3. The Morgan fingerprint density at radius 2 is 1.57 bits per heavy atom. The van der Waals surface area contributed by atoms with Gasteiger partial charge in [0.2, 0.25) is 5.95 Å². The monoisotopic (exact) mass is 536 g/mol. The van der Waals surface area contributed by atoms with Crippen molar-refractivity contribution in [3.05, 3.63) is 93.6 Å². The number of aryl methyl sites for hydroxylation is 3. The summed E-state index contributed by atoms with van der Waals surface area (Å²) in [6.07, 6.45) is 0. The zero-order valence-electron chi connectivity index (χ0n) is 24.4. The van der Waals surface area contributed by atoms with Crippen LogP contribution in [-0.2, 0) is 15.0 Å². The van der Waals surface area contributed by atoms with E-state index in [-0.39, 0.29) is 22.7 Å². The molecule has 4 aromatic rings. The van der Waals surface area contributed by atoms with Gasteiger partial charge in [0, 0.05) is 25.3 Å². The van der Waals surface area contributed by atoms with Crippen molar-refractivity contribution in [1.82, 2.24) is 9.97 Å². The number of aliphatic hydroxyl groups is 1. The summed E-state index contributed by atoms with van der Waals surface area (Å²) in [6.45, 7) is 12.2. The minimum Gasteiger partial charge on any atom is -0.507 e. The van der Waals surface area contributed by atoms with Gasteiger partial charge in [-0.1, -0.05) is 45.0 Å². The van der Waals surface area contributed by atoms with Gasteiger partial charge in [0.15, 0.2) is 0 Å². The molecule has 1 aliphatic heterocycles. The molecule has 1 aliphatic rings. The van der Waals surface area contributed by atoms with E-state index in [1.165, 1.54) is 4.90 Å². The van der Waals surface area contributed by atoms with Crippen LogP contribution in [0.2, 0.25) is 0 Å². The molecular weight excluding hydrogens is 500 g/mol. The number of aromatic nitrogens is 2. The highest BCUT2D eigenvalue weighted by Gasteiger charge is 2.48. The molecule has 206 valence electrons. The highest BCUT2D eigenvalue weighted by molar-refractivity contribution is 6.51. The number of aliphatic hydroxyl groups excluding tert-OH is 1. The van der Waals surface area contributed by atoms with E-state index >= 15 is 0 Å². The van der Waals surface area contributed by atoms with Crippen molar-refractivity contribution < 1.29 is 14.7 Å². The summed E-state index contributed by atoms with van der Waals surface area (Å²) < 4.78 is 0. The minimum atomic E-state index is -0.864. The molecule has 0 radical (unpaired) electrons. The minimum absolute atomic E-state index is 0.0459. The van der Waals surface area contributed by atoms with Crippen molar-refractivity contribution in [2.75, 3.05) is 23.9 Å². The first-order chi connectivity index (χ1) is 18.8. The van der Waals surface area contributed by atoms with Gasteiger partial charge in [-0.05, 0) is 84.3 Å². The predicted octanol–water partition coefficient (Wildman–Crippen LogP) is 6.48. The summed E-state index contributed by atoms with van der Waals surface area (Å²) in [6, 6.07) is 16.6. The largest absolute Gasteiger partial charge is 0.507 e. The summed E-state index contributed by atoms with van der Waals surface area (Å²) >= 11 is 0. The Kier molecular flexibility index (Phi) is 6.57. The van der Waals surface area contributed by atoms with Crippen molar-refractivity contribution in [2.45, 2.75) is 53.0 Å². The van der Waals surface area contributed by atoms with E-state index in [1.807, 2.05) is 94.4 Å². The van der Waals surface area contributed by atoms with Crippen LogP contribution >= 0.6 is 0 Å². The topological polar surface area (TPSA) is 89.5 Å². The van der Waals surface area contributed by atoms with E-state index in [0.717, 1.165) is 33.5 Å². The molecule has 1 fully saturated rings. The maximum absolute atomic E-state index is 13.7. The summed E-state index contributed by atoms with van der Waals surface area (Å²) in [4.78, 5) is 38.7. The molecule has 0 bridgehead atoms. The molecule has 5 rings (SSSR count). The SMILES string of the molecule is Cc1cc2nc(N3C(=O)C(=O)/C(=C(/O)c4cc(C(C)(C)C)ccc4C)C3c3ccc(N(C)C)cc3)[nH]c2cc1C. The molecule has 3 aromatic carbocycles. The average Bonchev–Trinajstić information content (AvgIpc) is 3.40. The molecule has 40 heavy (non-hydrogen) atoms. The van der Waals surface area contributed by atoms with Crippen LogP contribution < -0.4 is 9.80 Å². The number of H-pyrrole nitrogens is 1. The number of ketones is 1. The molecule has 1 atom stereocenters. The third kappa shape index (κ3) is 4.55. The van der Waals surface area contributed by atoms with Gasteiger partial charge in [0.1, 0.15) is 5.76 Å². The molecule has 0 spiro atoms. The van der Waals surface area contributed by atoms with Crippen LogP contribution in [0, 0.1) is 20.8 Å². The predicted molar refractivity (Wildman–Crippen MR) is 161 cm³/mol. The van der Waals surface area contributed by atoms with Crippen LogP contribution in [0.3, 0.4) is 0 Å². The number of benzene rings is 3. The van der Waals surface area contributed by atoms with E-state index in [4.69, 9.17) is 4.98 Å². The quantitative estimate of drug-likeness (QED) is 0.177. The molecule has 0 aliphatic carbocycles. The fraction of sp³-hybridized carbons (Fsp3) is 0.303. The van der Waals surface area contributed by atoms with Crippen molar-refractivity contribution >= 4 is 40.1 Å². The van der Waals surface area contributed by atoms with Crippen LogP contribution in [-0.4, -0.2) is 40.9 Å². The van der Waals surface area contributed by atoms with E-state index in [9.17, 15) is 14.7 Å². The van der Waals surface area contributed by atoms with Crippen LogP contribution in [0.25, 0.3) is 16.8 Å². The Bertz CT molecular complexity index is 1650.